The van der Waals surface area contributed by atoms with Crippen LogP contribution in [0, 0.1) is 5.92 Å². The second-order valence-corrected chi connectivity index (χ2v) is 5.83. The predicted octanol–water partition coefficient (Wildman–Crippen LogP) is 5.03. The number of pyridine rings is 1. The molecule has 110 valence electrons. The van der Waals surface area contributed by atoms with E-state index in [2.05, 4.69) is 30.1 Å². The molecule has 0 aliphatic heterocycles. The minimum absolute atomic E-state index is 0.612. The third kappa shape index (κ3) is 4.60. The van der Waals surface area contributed by atoms with Crippen LogP contribution in [-0.4, -0.2) is 11.6 Å². The molecule has 0 saturated heterocycles. The molecule has 0 aromatic carbocycles. The molecule has 1 aromatic rings. The van der Waals surface area contributed by atoms with Gasteiger partial charge >= 0.3 is 0 Å². The second-order valence-electron chi connectivity index (χ2n) is 5.57. The third-order valence-corrected chi connectivity index (χ3v) is 4.15. The number of halogens is 1. The Kier molecular flexibility index (Phi) is 6.55. The van der Waals surface area contributed by atoms with E-state index < -0.39 is 0 Å². The van der Waals surface area contributed by atoms with E-state index in [9.17, 15) is 0 Å². The Balaban J connectivity index is 1.84. The zero-order chi connectivity index (χ0) is 14.2. The van der Waals surface area contributed by atoms with Crippen molar-refractivity contribution in [2.24, 2.45) is 5.92 Å². The monoisotopic (exact) mass is 293 g/mol. The van der Waals surface area contributed by atoms with Crippen molar-refractivity contribution in [2.45, 2.75) is 51.6 Å². The fourth-order valence-corrected chi connectivity index (χ4v) is 3.01. The SMILES string of the molecule is CCCOCc1ccc([C@H]2CC[C@H](/C=C/Cl)CC2)nc1. The maximum atomic E-state index is 5.65. The van der Waals surface area contributed by atoms with E-state index in [-0.39, 0.29) is 0 Å². The van der Waals surface area contributed by atoms with Gasteiger partial charge in [0.05, 0.1) is 6.61 Å². The summed E-state index contributed by atoms with van der Waals surface area (Å²) in [5, 5.41) is 0. The van der Waals surface area contributed by atoms with Crippen molar-refractivity contribution in [3.8, 4) is 0 Å². The Morgan fingerprint density at radius 1 is 1.30 bits per heavy atom. The van der Waals surface area contributed by atoms with Crippen molar-refractivity contribution in [3.05, 3.63) is 41.2 Å². The number of allylic oxidation sites excluding steroid dienone is 1. The quantitative estimate of drug-likeness (QED) is 0.686. The van der Waals surface area contributed by atoms with Crippen molar-refractivity contribution in [2.75, 3.05) is 6.61 Å². The van der Waals surface area contributed by atoms with Crippen LogP contribution in [0.2, 0.25) is 0 Å². The summed E-state index contributed by atoms with van der Waals surface area (Å²) in [5.74, 6) is 1.27. The van der Waals surface area contributed by atoms with Crippen molar-refractivity contribution in [3.63, 3.8) is 0 Å². The summed E-state index contributed by atoms with van der Waals surface area (Å²) in [5.41, 5.74) is 4.06. The summed E-state index contributed by atoms with van der Waals surface area (Å²) >= 11 is 5.65. The number of nitrogens with zero attached hydrogens (tertiary/aromatic N) is 1. The highest BCUT2D eigenvalue weighted by molar-refractivity contribution is 6.25. The van der Waals surface area contributed by atoms with Gasteiger partial charge in [-0.15, -0.1) is 0 Å². The normalized spacial score (nSPS) is 23.3. The zero-order valence-corrected chi connectivity index (χ0v) is 13.0. The first-order valence-electron chi connectivity index (χ1n) is 7.63. The van der Waals surface area contributed by atoms with E-state index in [1.54, 1.807) is 5.54 Å². The minimum Gasteiger partial charge on any atom is -0.377 e. The number of ether oxygens (including phenoxy) is 1. The molecule has 1 heterocycles. The Hall–Kier alpha value is -0.860. The number of aromatic nitrogens is 1. The van der Waals surface area contributed by atoms with Gasteiger partial charge in [-0.2, -0.15) is 0 Å². The molecule has 0 unspecified atom stereocenters. The second kappa shape index (κ2) is 8.43. The van der Waals surface area contributed by atoms with Gasteiger partial charge in [0.15, 0.2) is 0 Å². The highest BCUT2D eigenvalue weighted by Crippen LogP contribution is 2.35. The molecular weight excluding hydrogens is 270 g/mol. The molecule has 0 spiro atoms. The van der Waals surface area contributed by atoms with E-state index in [4.69, 9.17) is 16.3 Å². The molecule has 0 N–H and O–H groups in total. The van der Waals surface area contributed by atoms with Gasteiger partial charge in [0.1, 0.15) is 0 Å². The first kappa shape index (κ1) is 15.5. The van der Waals surface area contributed by atoms with Crippen LogP contribution in [0.25, 0.3) is 0 Å². The Morgan fingerprint density at radius 2 is 2.10 bits per heavy atom. The number of hydrogen-bond donors (Lipinski definition) is 0. The molecule has 1 aliphatic carbocycles. The van der Waals surface area contributed by atoms with Gasteiger partial charge in [0.25, 0.3) is 0 Å². The third-order valence-electron chi connectivity index (χ3n) is 4.00. The molecule has 1 aliphatic rings. The van der Waals surface area contributed by atoms with Crippen LogP contribution in [0.15, 0.2) is 29.9 Å². The lowest BCUT2D eigenvalue weighted by Crippen LogP contribution is -2.12. The van der Waals surface area contributed by atoms with Gasteiger partial charge in [0, 0.05) is 30.0 Å². The smallest absolute Gasteiger partial charge is 0.0731 e. The van der Waals surface area contributed by atoms with E-state index in [0.717, 1.165) is 13.0 Å². The average molecular weight is 294 g/mol. The van der Waals surface area contributed by atoms with Crippen molar-refractivity contribution < 1.29 is 4.74 Å². The minimum atomic E-state index is 0.612. The summed E-state index contributed by atoms with van der Waals surface area (Å²) in [7, 11) is 0. The van der Waals surface area contributed by atoms with Gasteiger partial charge < -0.3 is 4.74 Å². The Bertz CT molecular complexity index is 408. The largest absolute Gasteiger partial charge is 0.377 e. The van der Waals surface area contributed by atoms with Crippen LogP contribution in [0.3, 0.4) is 0 Å². The maximum Gasteiger partial charge on any atom is 0.0731 e. The molecular formula is C17H24ClNO. The average Bonchev–Trinajstić information content (AvgIpc) is 2.49. The molecule has 0 atom stereocenters. The molecule has 0 amide bonds. The maximum absolute atomic E-state index is 5.65. The van der Waals surface area contributed by atoms with E-state index in [0.29, 0.717) is 18.4 Å². The Labute approximate surface area is 127 Å². The zero-order valence-electron chi connectivity index (χ0n) is 12.2. The summed E-state index contributed by atoms with van der Waals surface area (Å²) in [4.78, 5) is 4.63. The summed E-state index contributed by atoms with van der Waals surface area (Å²) in [6.07, 6.45) is 10.0. The van der Waals surface area contributed by atoms with E-state index >= 15 is 0 Å². The van der Waals surface area contributed by atoms with Gasteiger partial charge in [-0.25, -0.2) is 0 Å². The lowest BCUT2D eigenvalue weighted by atomic mass is 9.80. The van der Waals surface area contributed by atoms with Gasteiger partial charge in [-0.1, -0.05) is 30.7 Å². The molecule has 3 heteroatoms. The first-order valence-corrected chi connectivity index (χ1v) is 8.06. The fourth-order valence-electron chi connectivity index (χ4n) is 2.81. The summed E-state index contributed by atoms with van der Waals surface area (Å²) < 4.78 is 5.54. The molecule has 2 nitrogen and oxygen atoms in total. The molecule has 1 saturated carbocycles. The van der Waals surface area contributed by atoms with Crippen molar-refractivity contribution >= 4 is 11.6 Å². The lowest BCUT2D eigenvalue weighted by Gasteiger charge is -2.26. The molecule has 1 fully saturated rings. The standard InChI is InChI=1S/C17H24ClNO/c1-2-11-20-13-15-5-8-17(19-12-15)16-6-3-14(4-7-16)9-10-18/h5,8-10,12,14,16H,2-4,6-7,11,13H2,1H3/b10-9+/t14-,16-. The highest BCUT2D eigenvalue weighted by Gasteiger charge is 2.21. The lowest BCUT2D eigenvalue weighted by molar-refractivity contribution is 0.121. The summed E-state index contributed by atoms with van der Waals surface area (Å²) in [6.45, 7) is 3.62. The van der Waals surface area contributed by atoms with Crippen LogP contribution < -0.4 is 0 Å². The van der Waals surface area contributed by atoms with E-state index in [1.807, 2.05) is 6.20 Å². The van der Waals surface area contributed by atoms with Gasteiger partial charge in [-0.05, 0) is 49.7 Å². The molecule has 2 rings (SSSR count). The number of rotatable bonds is 6. The summed E-state index contributed by atoms with van der Waals surface area (Å²) in [6, 6.07) is 4.33. The van der Waals surface area contributed by atoms with Crippen molar-refractivity contribution in [1.82, 2.24) is 4.98 Å². The first-order chi connectivity index (χ1) is 9.83. The van der Waals surface area contributed by atoms with Crippen LogP contribution in [0.4, 0.5) is 0 Å². The molecule has 0 radical (unpaired) electrons. The van der Waals surface area contributed by atoms with E-state index in [1.165, 1.54) is 36.9 Å². The van der Waals surface area contributed by atoms with Crippen molar-refractivity contribution in [1.29, 1.82) is 0 Å². The molecule has 0 bridgehead atoms. The topological polar surface area (TPSA) is 22.1 Å². The molecule has 1 aromatic heterocycles. The van der Waals surface area contributed by atoms with Crippen LogP contribution >= 0.6 is 11.6 Å². The predicted molar refractivity (Wildman–Crippen MR) is 83.9 cm³/mol. The fraction of sp³-hybridized carbons (Fsp3) is 0.588. The Morgan fingerprint density at radius 3 is 2.70 bits per heavy atom. The molecule has 20 heavy (non-hydrogen) atoms. The highest BCUT2D eigenvalue weighted by atomic mass is 35.5. The van der Waals surface area contributed by atoms with Gasteiger partial charge in [0.2, 0.25) is 0 Å². The van der Waals surface area contributed by atoms with Gasteiger partial charge in [-0.3, -0.25) is 4.98 Å². The van der Waals surface area contributed by atoms with Crippen LogP contribution in [0.1, 0.15) is 56.2 Å². The van der Waals surface area contributed by atoms with Crippen LogP contribution in [-0.2, 0) is 11.3 Å². The van der Waals surface area contributed by atoms with Crippen LogP contribution in [0.5, 0.6) is 0 Å². The number of hydrogen-bond acceptors (Lipinski definition) is 2.